The van der Waals surface area contributed by atoms with Crippen molar-refractivity contribution in [3.8, 4) is 0 Å². The van der Waals surface area contributed by atoms with E-state index in [1.807, 2.05) is 0 Å². The Kier molecular flexibility index (Phi) is 3.48. The van der Waals surface area contributed by atoms with Crippen molar-refractivity contribution in [2.45, 2.75) is 25.8 Å². The molecular formula is C14H19N3S. The first-order valence-corrected chi connectivity index (χ1v) is 7.49. The van der Waals surface area contributed by atoms with Crippen LogP contribution in [0, 0.1) is 0 Å². The zero-order chi connectivity index (χ0) is 12.4. The van der Waals surface area contributed by atoms with Crippen LogP contribution in [0.15, 0.2) is 24.3 Å². The number of likely N-dealkylation sites (N-methyl/N-ethyl adjacent to an activating group) is 1. The minimum atomic E-state index is 0.618. The molecule has 96 valence electrons. The predicted octanol–water partition coefficient (Wildman–Crippen LogP) is 2.87. The topological polar surface area (TPSA) is 28.2 Å². The van der Waals surface area contributed by atoms with E-state index in [0.717, 1.165) is 25.2 Å². The van der Waals surface area contributed by atoms with Gasteiger partial charge in [0.05, 0.1) is 5.52 Å². The molecular weight excluding hydrogens is 242 g/mol. The SMILES string of the molecule is CCN(c1snc2ccccc12)C1CCCNC1. The molecule has 18 heavy (non-hydrogen) atoms. The van der Waals surface area contributed by atoms with Crippen LogP contribution in [0.25, 0.3) is 10.9 Å². The van der Waals surface area contributed by atoms with E-state index in [9.17, 15) is 0 Å². The number of hydrogen-bond donors (Lipinski definition) is 1. The van der Waals surface area contributed by atoms with Crippen molar-refractivity contribution in [3.05, 3.63) is 24.3 Å². The highest BCUT2D eigenvalue weighted by atomic mass is 32.1. The summed E-state index contributed by atoms with van der Waals surface area (Å²) >= 11 is 1.64. The lowest BCUT2D eigenvalue weighted by Crippen LogP contribution is -2.45. The van der Waals surface area contributed by atoms with Gasteiger partial charge in [0.1, 0.15) is 5.00 Å². The van der Waals surface area contributed by atoms with E-state index in [-0.39, 0.29) is 0 Å². The summed E-state index contributed by atoms with van der Waals surface area (Å²) in [7, 11) is 0. The number of piperidine rings is 1. The lowest BCUT2D eigenvalue weighted by atomic mass is 10.1. The second-order valence-corrected chi connectivity index (χ2v) is 5.54. The average molecular weight is 261 g/mol. The van der Waals surface area contributed by atoms with E-state index in [4.69, 9.17) is 0 Å². The number of nitrogens with one attached hydrogen (secondary N) is 1. The van der Waals surface area contributed by atoms with Gasteiger partial charge >= 0.3 is 0 Å². The molecule has 0 radical (unpaired) electrons. The van der Waals surface area contributed by atoms with Gasteiger partial charge in [0.15, 0.2) is 0 Å². The highest BCUT2D eigenvalue weighted by Gasteiger charge is 2.22. The Bertz CT molecular complexity index is 516. The Hall–Kier alpha value is -1.13. The van der Waals surface area contributed by atoms with Crippen molar-refractivity contribution in [1.29, 1.82) is 0 Å². The fourth-order valence-electron chi connectivity index (χ4n) is 2.75. The second-order valence-electron chi connectivity index (χ2n) is 4.79. The quantitative estimate of drug-likeness (QED) is 0.921. The van der Waals surface area contributed by atoms with Crippen LogP contribution in [0.5, 0.6) is 0 Å². The molecule has 0 spiro atoms. The fourth-order valence-corrected chi connectivity index (χ4v) is 3.75. The van der Waals surface area contributed by atoms with E-state index in [1.165, 1.54) is 23.2 Å². The Morgan fingerprint density at radius 2 is 2.33 bits per heavy atom. The van der Waals surface area contributed by atoms with E-state index in [0.29, 0.717) is 6.04 Å². The van der Waals surface area contributed by atoms with E-state index in [2.05, 4.69) is 45.8 Å². The molecule has 1 atom stereocenters. The molecule has 1 aliphatic heterocycles. The first-order chi connectivity index (χ1) is 8.90. The van der Waals surface area contributed by atoms with Gasteiger partial charge in [-0.15, -0.1) is 0 Å². The van der Waals surface area contributed by atoms with Gasteiger partial charge in [0, 0.05) is 24.5 Å². The zero-order valence-electron chi connectivity index (χ0n) is 10.7. The standard InChI is InChI=1S/C14H19N3S/c1-2-17(11-6-5-9-15-10-11)14-12-7-3-4-8-13(12)16-18-14/h3-4,7-8,11,15H,2,5-6,9-10H2,1H3. The Morgan fingerprint density at radius 1 is 1.44 bits per heavy atom. The van der Waals surface area contributed by atoms with Crippen LogP contribution in [-0.4, -0.2) is 30.0 Å². The zero-order valence-corrected chi connectivity index (χ0v) is 11.5. The summed E-state index contributed by atoms with van der Waals surface area (Å²) in [5.74, 6) is 0. The monoisotopic (exact) mass is 261 g/mol. The van der Waals surface area contributed by atoms with Gasteiger partial charge in [-0.05, 0) is 50.0 Å². The van der Waals surface area contributed by atoms with E-state index < -0.39 is 0 Å². The van der Waals surface area contributed by atoms with Crippen molar-refractivity contribution < 1.29 is 0 Å². The van der Waals surface area contributed by atoms with Crippen molar-refractivity contribution in [1.82, 2.24) is 9.69 Å². The molecule has 2 aromatic rings. The third kappa shape index (κ3) is 2.10. The summed E-state index contributed by atoms with van der Waals surface area (Å²) < 4.78 is 4.56. The van der Waals surface area contributed by atoms with Gasteiger partial charge in [0.2, 0.25) is 0 Å². The minimum absolute atomic E-state index is 0.618. The fraction of sp³-hybridized carbons (Fsp3) is 0.500. The van der Waals surface area contributed by atoms with Crippen LogP contribution < -0.4 is 10.2 Å². The van der Waals surface area contributed by atoms with Gasteiger partial charge in [0.25, 0.3) is 0 Å². The molecule has 2 heterocycles. The summed E-state index contributed by atoms with van der Waals surface area (Å²) in [6, 6.07) is 9.07. The highest BCUT2D eigenvalue weighted by molar-refractivity contribution is 7.11. The Balaban J connectivity index is 1.95. The largest absolute Gasteiger partial charge is 0.358 e. The van der Waals surface area contributed by atoms with Gasteiger partial charge < -0.3 is 10.2 Å². The van der Waals surface area contributed by atoms with Crippen LogP contribution in [0.4, 0.5) is 5.00 Å². The van der Waals surface area contributed by atoms with Crippen LogP contribution in [0.1, 0.15) is 19.8 Å². The molecule has 1 aromatic carbocycles. The van der Waals surface area contributed by atoms with Crippen LogP contribution in [0.3, 0.4) is 0 Å². The summed E-state index contributed by atoms with van der Waals surface area (Å²) in [4.78, 5) is 2.52. The molecule has 1 unspecified atom stereocenters. The van der Waals surface area contributed by atoms with Crippen molar-refractivity contribution in [2.24, 2.45) is 0 Å². The van der Waals surface area contributed by atoms with Crippen LogP contribution in [0.2, 0.25) is 0 Å². The lowest BCUT2D eigenvalue weighted by molar-refractivity contribution is 0.437. The third-order valence-electron chi connectivity index (χ3n) is 3.68. The van der Waals surface area contributed by atoms with E-state index >= 15 is 0 Å². The molecule has 1 N–H and O–H groups in total. The molecule has 1 aliphatic rings. The van der Waals surface area contributed by atoms with E-state index in [1.54, 1.807) is 11.5 Å². The molecule has 0 bridgehead atoms. The second kappa shape index (κ2) is 5.24. The maximum atomic E-state index is 4.56. The number of anilines is 1. The number of hydrogen-bond acceptors (Lipinski definition) is 4. The summed E-state index contributed by atoms with van der Waals surface area (Å²) in [5.41, 5.74) is 1.12. The summed E-state index contributed by atoms with van der Waals surface area (Å²) in [5, 5.41) is 6.14. The predicted molar refractivity (Wildman–Crippen MR) is 78.5 cm³/mol. The first kappa shape index (κ1) is 11.9. The number of aromatic nitrogens is 1. The number of rotatable bonds is 3. The molecule has 0 aliphatic carbocycles. The molecule has 0 amide bonds. The molecule has 1 saturated heterocycles. The third-order valence-corrected chi connectivity index (χ3v) is 4.59. The van der Waals surface area contributed by atoms with Crippen molar-refractivity contribution in [3.63, 3.8) is 0 Å². The molecule has 1 aromatic heterocycles. The Labute approximate surface area is 112 Å². The molecule has 3 nitrogen and oxygen atoms in total. The smallest absolute Gasteiger partial charge is 0.120 e. The molecule has 4 heteroatoms. The minimum Gasteiger partial charge on any atom is -0.358 e. The lowest BCUT2D eigenvalue weighted by Gasteiger charge is -2.34. The number of benzene rings is 1. The maximum Gasteiger partial charge on any atom is 0.120 e. The Morgan fingerprint density at radius 3 is 3.11 bits per heavy atom. The molecule has 1 fully saturated rings. The van der Waals surface area contributed by atoms with Gasteiger partial charge in [-0.3, -0.25) is 0 Å². The first-order valence-electron chi connectivity index (χ1n) is 6.72. The maximum absolute atomic E-state index is 4.56. The summed E-state index contributed by atoms with van der Waals surface area (Å²) in [6.45, 7) is 5.55. The normalized spacial score (nSPS) is 20.2. The van der Waals surface area contributed by atoms with Gasteiger partial charge in [-0.25, -0.2) is 0 Å². The van der Waals surface area contributed by atoms with Crippen LogP contribution >= 0.6 is 11.5 Å². The number of nitrogens with zero attached hydrogens (tertiary/aromatic N) is 2. The van der Waals surface area contributed by atoms with Crippen molar-refractivity contribution in [2.75, 3.05) is 24.5 Å². The average Bonchev–Trinajstić information content (AvgIpc) is 2.85. The van der Waals surface area contributed by atoms with Gasteiger partial charge in [-0.2, -0.15) is 4.37 Å². The number of fused-ring (bicyclic) bond motifs is 1. The van der Waals surface area contributed by atoms with Gasteiger partial charge in [-0.1, -0.05) is 12.1 Å². The highest BCUT2D eigenvalue weighted by Crippen LogP contribution is 2.33. The van der Waals surface area contributed by atoms with Crippen LogP contribution in [-0.2, 0) is 0 Å². The summed E-state index contributed by atoms with van der Waals surface area (Å²) in [6.07, 6.45) is 2.56. The van der Waals surface area contributed by atoms with Crippen molar-refractivity contribution >= 4 is 27.4 Å². The molecule has 3 rings (SSSR count). The molecule has 0 saturated carbocycles.